The van der Waals surface area contributed by atoms with Crippen molar-refractivity contribution in [2.45, 2.75) is 12.8 Å². The number of hydrogen-bond acceptors (Lipinski definition) is 5. The van der Waals surface area contributed by atoms with Crippen LogP contribution in [0.5, 0.6) is 0 Å². The van der Waals surface area contributed by atoms with Crippen LogP contribution in [0.4, 0.5) is 0 Å². The monoisotopic (exact) mass is 316 g/mol. The molecule has 7 nitrogen and oxygen atoms in total. The molecule has 8 heteroatoms. The second-order valence-electron chi connectivity index (χ2n) is 3.88. The Bertz CT molecular complexity index is 441. The Kier molecular flexibility index (Phi) is 8.47. The summed E-state index contributed by atoms with van der Waals surface area (Å²) in [5.74, 6) is -2.58. The summed E-state index contributed by atoms with van der Waals surface area (Å²) in [5.41, 5.74) is 1.08. The summed E-state index contributed by atoms with van der Waals surface area (Å²) < 4.78 is 15.4. The normalized spacial score (nSPS) is 13.1. The third kappa shape index (κ3) is 5.64. The summed E-state index contributed by atoms with van der Waals surface area (Å²) in [6.45, 7) is 3.42. The van der Waals surface area contributed by atoms with Crippen LogP contribution >= 0.6 is 0 Å². The van der Waals surface area contributed by atoms with E-state index >= 15 is 0 Å². The lowest BCUT2D eigenvalue weighted by molar-refractivity contribution is -0.136. The van der Waals surface area contributed by atoms with Gasteiger partial charge in [-0.15, -0.1) is 6.58 Å². The summed E-state index contributed by atoms with van der Waals surface area (Å²) in [4.78, 5) is 22.3. The molecule has 0 amide bonds. The Morgan fingerprint density at radius 1 is 1.00 bits per heavy atom. The van der Waals surface area contributed by atoms with Gasteiger partial charge in [0.15, 0.2) is 0 Å². The van der Waals surface area contributed by atoms with Crippen LogP contribution in [0.15, 0.2) is 35.6 Å². The van der Waals surface area contributed by atoms with Crippen LogP contribution < -0.4 is 0 Å². The molecule has 0 aromatic heterocycles. The zero-order valence-electron chi connectivity index (χ0n) is 12.3. The summed E-state index contributed by atoms with van der Waals surface area (Å²) in [7, 11) is 1.28. The summed E-state index contributed by atoms with van der Waals surface area (Å²) in [6, 6.07) is 0. The average molecular weight is 316 g/mol. The summed E-state index contributed by atoms with van der Waals surface area (Å²) >= 11 is 0. The number of hydrogen-bond donors (Lipinski definition) is 2. The third-order valence-electron chi connectivity index (χ3n) is 2.73. The number of carboxylic acids is 2. The van der Waals surface area contributed by atoms with Gasteiger partial charge >= 0.3 is 20.7 Å². The Morgan fingerprint density at radius 3 is 1.76 bits per heavy atom. The molecular formula is C13H20O7Si. The lowest BCUT2D eigenvalue weighted by Gasteiger charge is -2.20. The van der Waals surface area contributed by atoms with Gasteiger partial charge in [-0.05, 0) is 18.5 Å². The van der Waals surface area contributed by atoms with E-state index in [9.17, 15) is 9.59 Å². The van der Waals surface area contributed by atoms with Crippen molar-refractivity contribution in [3.8, 4) is 0 Å². The number of allylic oxidation sites excluding steroid dienone is 2. The number of aliphatic carboxylic acids is 2. The molecular weight excluding hydrogens is 296 g/mol. The fraction of sp³-hybridized carbons (Fsp3) is 0.385. The van der Waals surface area contributed by atoms with E-state index in [1.807, 2.05) is 0 Å². The molecule has 0 saturated heterocycles. The van der Waals surface area contributed by atoms with Gasteiger partial charge in [0.1, 0.15) is 0 Å². The van der Waals surface area contributed by atoms with E-state index in [0.717, 1.165) is 0 Å². The molecule has 0 aliphatic carbocycles. The standard InChI is InChI=1S/C13H20O7Si/c1-5-7-10(12(14)15)11(13(16)17)8-6-9-21(18-2,19-3)20-4/h5-6,9H,1,7-8H2,2-4H3,(H,14,15)(H,16,17). The van der Waals surface area contributed by atoms with E-state index in [4.69, 9.17) is 23.5 Å². The van der Waals surface area contributed by atoms with Crippen LogP contribution in [-0.4, -0.2) is 52.3 Å². The Balaban J connectivity index is 5.37. The Hall–Kier alpha value is -1.74. The Morgan fingerprint density at radius 2 is 1.43 bits per heavy atom. The summed E-state index contributed by atoms with van der Waals surface area (Å²) in [5, 5.41) is 18.2. The zero-order valence-corrected chi connectivity index (χ0v) is 13.3. The van der Waals surface area contributed by atoms with Gasteiger partial charge in [0.05, 0.1) is 11.1 Å². The highest BCUT2D eigenvalue weighted by Crippen LogP contribution is 2.16. The maximum Gasteiger partial charge on any atom is 0.528 e. The first-order valence-corrected chi connectivity index (χ1v) is 7.80. The minimum Gasteiger partial charge on any atom is -0.478 e. The van der Waals surface area contributed by atoms with Crippen molar-refractivity contribution >= 4 is 20.7 Å². The zero-order chi connectivity index (χ0) is 16.5. The lowest BCUT2D eigenvalue weighted by atomic mass is 10.0. The highest BCUT2D eigenvalue weighted by Gasteiger charge is 2.34. The van der Waals surface area contributed by atoms with E-state index in [2.05, 4.69) is 6.58 Å². The maximum atomic E-state index is 11.2. The first kappa shape index (κ1) is 19.3. The van der Waals surface area contributed by atoms with Gasteiger partial charge in [0.2, 0.25) is 0 Å². The van der Waals surface area contributed by atoms with Crippen molar-refractivity contribution in [3.05, 3.63) is 35.6 Å². The van der Waals surface area contributed by atoms with Gasteiger partial charge in [-0.2, -0.15) is 0 Å². The molecule has 118 valence electrons. The molecule has 2 N–H and O–H groups in total. The van der Waals surface area contributed by atoms with E-state index in [0.29, 0.717) is 0 Å². The van der Waals surface area contributed by atoms with Crippen LogP contribution in [0.1, 0.15) is 12.8 Å². The third-order valence-corrected chi connectivity index (χ3v) is 5.08. The Labute approximate surface area is 124 Å². The van der Waals surface area contributed by atoms with Crippen molar-refractivity contribution in [1.82, 2.24) is 0 Å². The van der Waals surface area contributed by atoms with E-state index in [-0.39, 0.29) is 24.0 Å². The van der Waals surface area contributed by atoms with E-state index in [1.54, 1.807) is 0 Å². The van der Waals surface area contributed by atoms with Crippen LogP contribution in [0.2, 0.25) is 0 Å². The van der Waals surface area contributed by atoms with Crippen LogP contribution in [0, 0.1) is 0 Å². The highest BCUT2D eigenvalue weighted by molar-refractivity contribution is 6.66. The van der Waals surface area contributed by atoms with Crippen molar-refractivity contribution in [3.63, 3.8) is 0 Å². The predicted octanol–water partition coefficient (Wildman–Crippen LogP) is 1.39. The maximum absolute atomic E-state index is 11.2. The fourth-order valence-corrected chi connectivity index (χ4v) is 2.91. The second-order valence-corrected chi connectivity index (χ2v) is 6.65. The van der Waals surface area contributed by atoms with E-state index in [1.165, 1.54) is 39.2 Å². The number of carbonyl (C=O) groups is 2. The molecule has 0 aliphatic rings. The largest absolute Gasteiger partial charge is 0.528 e. The van der Waals surface area contributed by atoms with Crippen LogP contribution in [0.3, 0.4) is 0 Å². The predicted molar refractivity (Wildman–Crippen MR) is 77.6 cm³/mol. The van der Waals surface area contributed by atoms with Crippen molar-refractivity contribution < 1.29 is 33.1 Å². The molecule has 0 radical (unpaired) electrons. The first-order valence-electron chi connectivity index (χ1n) is 6.00. The van der Waals surface area contributed by atoms with Gasteiger partial charge in [-0.1, -0.05) is 12.2 Å². The van der Waals surface area contributed by atoms with E-state index < -0.39 is 20.7 Å². The topological polar surface area (TPSA) is 102 Å². The molecule has 0 heterocycles. The minimum atomic E-state index is -2.96. The number of rotatable bonds is 10. The highest BCUT2D eigenvalue weighted by atomic mass is 28.4. The SMILES string of the molecule is C=CCC(C(=O)O)=C(CC=C[Si](OC)(OC)OC)C(=O)O. The molecule has 0 aliphatic heterocycles. The second kappa shape index (κ2) is 9.24. The molecule has 0 unspecified atom stereocenters. The molecule has 0 aromatic rings. The lowest BCUT2D eigenvalue weighted by Crippen LogP contribution is -2.40. The van der Waals surface area contributed by atoms with Gasteiger partial charge in [0.25, 0.3) is 0 Å². The molecule has 0 fully saturated rings. The molecule has 0 saturated carbocycles. The minimum absolute atomic E-state index is 0.0355. The molecule has 0 atom stereocenters. The molecule has 21 heavy (non-hydrogen) atoms. The van der Waals surface area contributed by atoms with Crippen molar-refractivity contribution in [2.75, 3.05) is 21.3 Å². The van der Waals surface area contributed by atoms with Crippen molar-refractivity contribution in [2.24, 2.45) is 0 Å². The number of carboxylic acid groups (broad SMARTS) is 2. The summed E-state index contributed by atoms with van der Waals surface area (Å²) in [6.07, 6.45) is 2.69. The van der Waals surface area contributed by atoms with Crippen LogP contribution in [0.25, 0.3) is 0 Å². The first-order chi connectivity index (χ1) is 9.87. The van der Waals surface area contributed by atoms with Gasteiger partial charge < -0.3 is 23.5 Å². The van der Waals surface area contributed by atoms with Crippen LogP contribution in [-0.2, 0) is 22.9 Å². The quantitative estimate of drug-likeness (QED) is 0.357. The smallest absolute Gasteiger partial charge is 0.478 e. The molecule has 0 rings (SSSR count). The van der Waals surface area contributed by atoms with Gasteiger partial charge in [-0.3, -0.25) is 0 Å². The van der Waals surface area contributed by atoms with Gasteiger partial charge in [0, 0.05) is 21.3 Å². The fourth-order valence-electron chi connectivity index (χ4n) is 1.60. The van der Waals surface area contributed by atoms with Gasteiger partial charge in [-0.25, -0.2) is 9.59 Å². The molecule has 0 bridgehead atoms. The molecule has 0 spiro atoms. The average Bonchev–Trinajstić information content (AvgIpc) is 2.46. The molecule has 0 aromatic carbocycles. The van der Waals surface area contributed by atoms with Crippen molar-refractivity contribution in [1.29, 1.82) is 0 Å².